The molecule has 2 heterocycles. The fourth-order valence-electron chi connectivity index (χ4n) is 5.27. The zero-order valence-corrected chi connectivity index (χ0v) is 21.9. The lowest BCUT2D eigenvalue weighted by Gasteiger charge is -2.40. The highest BCUT2D eigenvalue weighted by atomic mass is 16.5. The van der Waals surface area contributed by atoms with Crippen LogP contribution >= 0.6 is 0 Å². The molecule has 0 N–H and O–H groups in total. The number of rotatable bonds is 9. The van der Waals surface area contributed by atoms with Crippen molar-refractivity contribution in [2.24, 2.45) is 13.0 Å². The van der Waals surface area contributed by atoms with Gasteiger partial charge < -0.3 is 9.64 Å². The van der Waals surface area contributed by atoms with Crippen LogP contribution in [0.25, 0.3) is 6.08 Å². The second-order valence-electron chi connectivity index (χ2n) is 9.75. The molecule has 6 nitrogen and oxygen atoms in total. The van der Waals surface area contributed by atoms with Crippen LogP contribution in [0.4, 0.5) is 0 Å². The minimum atomic E-state index is 0.0428. The molecular weight excluding hydrogens is 448 g/mol. The van der Waals surface area contributed by atoms with Crippen molar-refractivity contribution in [1.82, 2.24) is 19.6 Å². The molecule has 1 aliphatic rings. The van der Waals surface area contributed by atoms with Crippen molar-refractivity contribution in [3.05, 3.63) is 89.3 Å². The molecule has 1 atom stereocenters. The molecule has 4 rings (SSSR count). The minimum Gasteiger partial charge on any atom is -0.496 e. The number of nitrogens with zero attached hydrogens (tertiary/aromatic N) is 4. The smallest absolute Gasteiger partial charge is 0.272 e. The Kier molecular flexibility index (Phi) is 8.60. The molecule has 190 valence electrons. The molecule has 1 amide bonds. The van der Waals surface area contributed by atoms with Gasteiger partial charge in [-0.3, -0.25) is 14.4 Å². The number of hydrogen-bond acceptors (Lipinski definition) is 4. The van der Waals surface area contributed by atoms with E-state index in [1.54, 1.807) is 11.8 Å². The number of methoxy groups -OCH3 is 1. The molecule has 1 saturated heterocycles. The Labute approximate surface area is 215 Å². The summed E-state index contributed by atoms with van der Waals surface area (Å²) in [5.41, 5.74) is 3.88. The van der Waals surface area contributed by atoms with Gasteiger partial charge in [0.25, 0.3) is 5.91 Å². The Hall–Kier alpha value is -3.38. The van der Waals surface area contributed by atoms with E-state index in [2.05, 4.69) is 52.5 Å². The van der Waals surface area contributed by atoms with Gasteiger partial charge in [0.2, 0.25) is 0 Å². The number of carbonyl (C=O) groups is 1. The summed E-state index contributed by atoms with van der Waals surface area (Å²) in [5.74, 6) is 1.39. The molecule has 3 aromatic rings. The van der Waals surface area contributed by atoms with E-state index in [0.29, 0.717) is 11.6 Å². The number of amides is 1. The van der Waals surface area contributed by atoms with Gasteiger partial charge in [-0.1, -0.05) is 60.7 Å². The second-order valence-corrected chi connectivity index (χ2v) is 9.75. The number of para-hydroxylation sites is 1. The number of likely N-dealkylation sites (N-methyl/N-ethyl adjacent to an activating group) is 1. The molecule has 1 fully saturated rings. The van der Waals surface area contributed by atoms with Crippen LogP contribution < -0.4 is 4.74 Å². The van der Waals surface area contributed by atoms with Crippen LogP contribution in [0, 0.1) is 12.8 Å². The highest BCUT2D eigenvalue weighted by molar-refractivity contribution is 5.92. The fraction of sp³-hybridized carbons (Fsp3) is 0.400. The summed E-state index contributed by atoms with van der Waals surface area (Å²) in [5, 5.41) is 4.39. The zero-order chi connectivity index (χ0) is 25.5. The first-order valence-corrected chi connectivity index (χ1v) is 12.8. The molecule has 0 radical (unpaired) electrons. The van der Waals surface area contributed by atoms with Crippen molar-refractivity contribution in [2.45, 2.75) is 32.2 Å². The number of piperidine rings is 1. The first-order valence-electron chi connectivity index (χ1n) is 12.8. The van der Waals surface area contributed by atoms with Crippen molar-refractivity contribution >= 4 is 12.0 Å². The Bertz CT molecular complexity index is 1160. The SMILES string of the molecule is COc1ccccc1/C=C/CN1CCC(C(Cc2ccccc2)N(C)C(=O)c2cc(C)nn2C)CC1. The number of benzene rings is 2. The molecular formula is C30H38N4O2. The van der Waals surface area contributed by atoms with Gasteiger partial charge in [-0.15, -0.1) is 0 Å². The van der Waals surface area contributed by atoms with Crippen molar-refractivity contribution in [3.8, 4) is 5.75 Å². The third kappa shape index (κ3) is 6.24. The van der Waals surface area contributed by atoms with Crippen LogP contribution in [0.2, 0.25) is 0 Å². The summed E-state index contributed by atoms with van der Waals surface area (Å²) in [4.78, 5) is 17.9. The van der Waals surface area contributed by atoms with E-state index in [0.717, 1.165) is 55.9 Å². The number of aryl methyl sites for hydroxylation is 2. The second kappa shape index (κ2) is 12.0. The van der Waals surface area contributed by atoms with Gasteiger partial charge in [-0.2, -0.15) is 5.10 Å². The Morgan fingerprint density at radius 2 is 1.83 bits per heavy atom. The maximum atomic E-state index is 13.5. The van der Waals surface area contributed by atoms with E-state index in [-0.39, 0.29) is 11.9 Å². The standard InChI is InChI=1S/C30H38N4O2/c1-23-21-28(33(3)31-23)30(35)32(2)27(22-24-11-6-5-7-12-24)25-16-19-34(20-17-25)18-10-14-26-13-8-9-15-29(26)36-4/h5-15,21,25,27H,16-20,22H2,1-4H3/b14-10+. The highest BCUT2D eigenvalue weighted by Crippen LogP contribution is 2.28. The molecule has 2 aromatic carbocycles. The number of likely N-dealkylation sites (tertiary alicyclic amines) is 1. The van der Waals surface area contributed by atoms with Crippen molar-refractivity contribution < 1.29 is 9.53 Å². The Morgan fingerprint density at radius 1 is 1.14 bits per heavy atom. The van der Waals surface area contributed by atoms with Gasteiger partial charge in [-0.05, 0) is 62.9 Å². The third-order valence-corrected chi connectivity index (χ3v) is 7.30. The number of carbonyl (C=O) groups excluding carboxylic acids is 1. The fourth-order valence-corrected chi connectivity index (χ4v) is 5.27. The average molecular weight is 487 g/mol. The number of ether oxygens (including phenoxy) is 1. The summed E-state index contributed by atoms with van der Waals surface area (Å²) >= 11 is 0. The van der Waals surface area contributed by atoms with Crippen molar-refractivity contribution in [2.75, 3.05) is 33.8 Å². The van der Waals surface area contributed by atoms with Crippen LogP contribution in [-0.2, 0) is 13.5 Å². The Morgan fingerprint density at radius 3 is 2.50 bits per heavy atom. The average Bonchev–Trinajstić information content (AvgIpc) is 3.25. The predicted octanol–water partition coefficient (Wildman–Crippen LogP) is 4.85. The topological polar surface area (TPSA) is 50.6 Å². The van der Waals surface area contributed by atoms with Gasteiger partial charge in [0.1, 0.15) is 11.4 Å². The third-order valence-electron chi connectivity index (χ3n) is 7.30. The molecule has 0 aliphatic carbocycles. The lowest BCUT2D eigenvalue weighted by Crippen LogP contribution is -2.47. The van der Waals surface area contributed by atoms with Crippen LogP contribution in [0.5, 0.6) is 5.75 Å². The van der Waals surface area contributed by atoms with Gasteiger partial charge in [0.15, 0.2) is 0 Å². The lowest BCUT2D eigenvalue weighted by atomic mass is 9.85. The van der Waals surface area contributed by atoms with E-state index in [9.17, 15) is 4.79 Å². The summed E-state index contributed by atoms with van der Waals surface area (Å²) in [6.45, 7) is 4.89. The Balaban J connectivity index is 1.42. The largest absolute Gasteiger partial charge is 0.496 e. The monoisotopic (exact) mass is 486 g/mol. The molecule has 1 aromatic heterocycles. The van der Waals surface area contributed by atoms with E-state index in [1.807, 2.05) is 56.3 Å². The quantitative estimate of drug-likeness (QED) is 0.434. The summed E-state index contributed by atoms with van der Waals surface area (Å²) in [7, 11) is 5.51. The van der Waals surface area contributed by atoms with Crippen LogP contribution in [0.15, 0.2) is 66.7 Å². The zero-order valence-electron chi connectivity index (χ0n) is 21.9. The summed E-state index contributed by atoms with van der Waals surface area (Å²) in [6, 6.07) is 20.6. The van der Waals surface area contributed by atoms with Crippen LogP contribution in [0.3, 0.4) is 0 Å². The molecule has 36 heavy (non-hydrogen) atoms. The maximum Gasteiger partial charge on any atom is 0.272 e. The van der Waals surface area contributed by atoms with Crippen molar-refractivity contribution in [3.63, 3.8) is 0 Å². The molecule has 1 unspecified atom stereocenters. The van der Waals surface area contributed by atoms with Gasteiger partial charge >= 0.3 is 0 Å². The normalized spacial score (nSPS) is 15.8. The van der Waals surface area contributed by atoms with E-state index < -0.39 is 0 Å². The molecule has 1 aliphatic heterocycles. The van der Waals surface area contributed by atoms with E-state index >= 15 is 0 Å². The van der Waals surface area contributed by atoms with Crippen LogP contribution in [-0.4, -0.2) is 65.3 Å². The van der Waals surface area contributed by atoms with E-state index in [4.69, 9.17) is 4.74 Å². The minimum absolute atomic E-state index is 0.0428. The first kappa shape index (κ1) is 25.7. The van der Waals surface area contributed by atoms with E-state index in [1.165, 1.54) is 5.56 Å². The van der Waals surface area contributed by atoms with Gasteiger partial charge in [0, 0.05) is 32.2 Å². The molecule has 6 heteroatoms. The number of aromatic nitrogens is 2. The molecule has 0 saturated carbocycles. The molecule has 0 spiro atoms. The summed E-state index contributed by atoms with van der Waals surface area (Å²) in [6.07, 6.45) is 7.37. The van der Waals surface area contributed by atoms with Crippen LogP contribution in [0.1, 0.15) is 40.2 Å². The van der Waals surface area contributed by atoms with Gasteiger partial charge in [-0.25, -0.2) is 0 Å². The predicted molar refractivity (Wildman–Crippen MR) is 145 cm³/mol. The first-order chi connectivity index (χ1) is 17.5. The highest BCUT2D eigenvalue weighted by Gasteiger charge is 2.32. The maximum absolute atomic E-state index is 13.5. The number of hydrogen-bond donors (Lipinski definition) is 0. The van der Waals surface area contributed by atoms with Gasteiger partial charge in [0.05, 0.1) is 12.8 Å². The molecule has 0 bridgehead atoms. The lowest BCUT2D eigenvalue weighted by molar-refractivity contribution is 0.0588. The van der Waals surface area contributed by atoms with Crippen molar-refractivity contribution in [1.29, 1.82) is 0 Å². The summed E-state index contributed by atoms with van der Waals surface area (Å²) < 4.78 is 7.16.